The predicted molar refractivity (Wildman–Crippen MR) is 95.2 cm³/mol. The monoisotopic (exact) mass is 324 g/mol. The van der Waals surface area contributed by atoms with E-state index in [1.54, 1.807) is 0 Å². The summed E-state index contributed by atoms with van der Waals surface area (Å²) in [6.07, 6.45) is 1.84. The number of benzene rings is 1. The van der Waals surface area contributed by atoms with E-state index in [1.165, 1.54) is 0 Å². The largest absolute Gasteiger partial charge is 0.363 e. The summed E-state index contributed by atoms with van der Waals surface area (Å²) in [6.45, 7) is 4.79. The van der Waals surface area contributed by atoms with Crippen LogP contribution in [0, 0.1) is 6.92 Å². The first-order valence-corrected chi connectivity index (χ1v) is 8.32. The van der Waals surface area contributed by atoms with Gasteiger partial charge in [0.05, 0.1) is 0 Å². The van der Waals surface area contributed by atoms with Crippen LogP contribution in [0.2, 0.25) is 0 Å². The van der Waals surface area contributed by atoms with Crippen LogP contribution >= 0.6 is 0 Å². The van der Waals surface area contributed by atoms with Crippen molar-refractivity contribution in [2.24, 2.45) is 0 Å². The zero-order valence-electron chi connectivity index (χ0n) is 14.8. The van der Waals surface area contributed by atoms with Crippen molar-refractivity contribution < 1.29 is 4.79 Å². The summed E-state index contributed by atoms with van der Waals surface area (Å²) in [5.41, 5.74) is 1.17. The van der Waals surface area contributed by atoms with Gasteiger partial charge in [0.2, 0.25) is 0 Å². The number of aryl methyl sites for hydroxylation is 1. The predicted octanol–water partition coefficient (Wildman–Crippen LogP) is 3.00. The van der Waals surface area contributed by atoms with Gasteiger partial charge < -0.3 is 9.80 Å². The fraction of sp³-hybridized carbons (Fsp3) is 0.421. The molecule has 0 saturated carbocycles. The Kier molecular flexibility index (Phi) is 4.26. The summed E-state index contributed by atoms with van der Waals surface area (Å²) in [7, 11) is 3.94. The molecular weight excluding hydrogens is 300 g/mol. The Balaban J connectivity index is 2.01. The molecule has 0 spiro atoms. The van der Waals surface area contributed by atoms with Gasteiger partial charge in [-0.3, -0.25) is 4.79 Å². The Bertz CT molecular complexity index is 744. The van der Waals surface area contributed by atoms with Gasteiger partial charge in [0.1, 0.15) is 11.4 Å². The molecule has 1 atom stereocenters. The third-order valence-corrected chi connectivity index (χ3v) is 4.69. The standard InChI is InChI=1S/C19H24N4O/c1-14-13-16(22(3)4)21-18(20-14)19(2)11-8-12-23(19)17(24)15-9-6-5-7-10-15/h5-7,9-10,13H,8,11-12H2,1-4H3/t19-/m0/s1. The SMILES string of the molecule is Cc1cc(N(C)C)nc([C@]2(C)CCCN2C(=O)c2ccccc2)n1. The highest BCUT2D eigenvalue weighted by molar-refractivity contribution is 5.94. The van der Waals surface area contributed by atoms with Crippen molar-refractivity contribution in [3.63, 3.8) is 0 Å². The average molecular weight is 324 g/mol. The van der Waals surface area contributed by atoms with E-state index in [1.807, 2.05) is 67.2 Å². The highest BCUT2D eigenvalue weighted by Crippen LogP contribution is 2.38. The van der Waals surface area contributed by atoms with Gasteiger partial charge in [-0.25, -0.2) is 9.97 Å². The molecule has 1 aliphatic heterocycles. The van der Waals surface area contributed by atoms with E-state index in [-0.39, 0.29) is 5.91 Å². The van der Waals surface area contributed by atoms with Crippen molar-refractivity contribution in [1.82, 2.24) is 14.9 Å². The van der Waals surface area contributed by atoms with Crippen molar-refractivity contribution >= 4 is 11.7 Å². The molecule has 0 unspecified atom stereocenters. The summed E-state index contributed by atoms with van der Waals surface area (Å²) in [5, 5.41) is 0. The molecule has 1 aromatic carbocycles. The van der Waals surface area contributed by atoms with Crippen molar-refractivity contribution in [3.05, 3.63) is 53.5 Å². The number of aromatic nitrogens is 2. The first-order chi connectivity index (χ1) is 11.4. The molecule has 1 amide bonds. The van der Waals surface area contributed by atoms with Gasteiger partial charge >= 0.3 is 0 Å². The van der Waals surface area contributed by atoms with Gasteiger partial charge in [0.15, 0.2) is 5.82 Å². The molecule has 1 aliphatic rings. The molecule has 1 fully saturated rings. The van der Waals surface area contributed by atoms with E-state index in [9.17, 15) is 4.79 Å². The lowest BCUT2D eigenvalue weighted by Crippen LogP contribution is -2.44. The van der Waals surface area contributed by atoms with E-state index in [0.717, 1.165) is 36.7 Å². The summed E-state index contributed by atoms with van der Waals surface area (Å²) in [6, 6.07) is 11.4. The van der Waals surface area contributed by atoms with Gasteiger partial charge in [0.25, 0.3) is 5.91 Å². The second kappa shape index (κ2) is 6.23. The number of hydrogen-bond donors (Lipinski definition) is 0. The third-order valence-electron chi connectivity index (χ3n) is 4.69. The minimum atomic E-state index is -0.469. The Labute approximate surface area is 143 Å². The van der Waals surface area contributed by atoms with E-state index in [4.69, 9.17) is 4.98 Å². The van der Waals surface area contributed by atoms with Crippen molar-refractivity contribution in [2.45, 2.75) is 32.2 Å². The zero-order valence-corrected chi connectivity index (χ0v) is 14.8. The molecule has 2 heterocycles. The molecule has 0 aliphatic carbocycles. The normalized spacial score (nSPS) is 20.2. The maximum absolute atomic E-state index is 13.0. The smallest absolute Gasteiger partial charge is 0.254 e. The van der Waals surface area contributed by atoms with E-state index in [0.29, 0.717) is 5.56 Å². The van der Waals surface area contributed by atoms with Crippen LogP contribution in [0.4, 0.5) is 5.82 Å². The Morgan fingerprint density at radius 1 is 1.21 bits per heavy atom. The Morgan fingerprint density at radius 3 is 2.58 bits per heavy atom. The van der Waals surface area contributed by atoms with Crippen LogP contribution in [0.1, 0.15) is 41.6 Å². The molecule has 5 nitrogen and oxygen atoms in total. The Morgan fingerprint density at radius 2 is 1.92 bits per heavy atom. The van der Waals surface area contributed by atoms with Gasteiger partial charge in [-0.05, 0) is 38.8 Å². The lowest BCUT2D eigenvalue weighted by molar-refractivity contribution is 0.0604. The maximum Gasteiger partial charge on any atom is 0.254 e. The molecule has 0 bridgehead atoms. The lowest BCUT2D eigenvalue weighted by atomic mass is 9.96. The molecule has 5 heteroatoms. The number of nitrogens with zero attached hydrogens (tertiary/aromatic N) is 4. The van der Waals surface area contributed by atoms with Crippen LogP contribution in [0.15, 0.2) is 36.4 Å². The van der Waals surface area contributed by atoms with E-state index < -0.39 is 5.54 Å². The van der Waals surface area contributed by atoms with Gasteiger partial charge in [0, 0.05) is 38.0 Å². The van der Waals surface area contributed by atoms with Crippen molar-refractivity contribution in [3.8, 4) is 0 Å². The summed E-state index contributed by atoms with van der Waals surface area (Å²) < 4.78 is 0. The van der Waals surface area contributed by atoms with Gasteiger partial charge in [-0.15, -0.1) is 0 Å². The number of carbonyl (C=O) groups is 1. The molecule has 3 rings (SSSR count). The third kappa shape index (κ3) is 2.86. The van der Waals surface area contributed by atoms with E-state index >= 15 is 0 Å². The number of amides is 1. The number of hydrogen-bond acceptors (Lipinski definition) is 4. The van der Waals surface area contributed by atoms with Crippen LogP contribution in [0.25, 0.3) is 0 Å². The molecule has 2 aromatic rings. The highest BCUT2D eigenvalue weighted by Gasteiger charge is 2.43. The lowest BCUT2D eigenvalue weighted by Gasteiger charge is -2.34. The summed E-state index contributed by atoms with van der Waals surface area (Å²) >= 11 is 0. The number of carbonyl (C=O) groups excluding carboxylic acids is 1. The second-order valence-corrected chi connectivity index (χ2v) is 6.79. The first kappa shape index (κ1) is 16.4. The fourth-order valence-corrected chi connectivity index (χ4v) is 3.28. The minimum absolute atomic E-state index is 0.0482. The van der Waals surface area contributed by atoms with Crippen LogP contribution in [-0.4, -0.2) is 41.4 Å². The molecule has 1 saturated heterocycles. The number of likely N-dealkylation sites (tertiary alicyclic amines) is 1. The molecule has 126 valence electrons. The average Bonchev–Trinajstić information content (AvgIpc) is 2.97. The molecule has 24 heavy (non-hydrogen) atoms. The van der Waals surface area contributed by atoms with Crippen LogP contribution < -0.4 is 4.90 Å². The van der Waals surface area contributed by atoms with Gasteiger partial charge in [-0.1, -0.05) is 18.2 Å². The molecule has 0 radical (unpaired) electrons. The summed E-state index contributed by atoms with van der Waals surface area (Å²) in [5.74, 6) is 1.65. The molecule has 1 aromatic heterocycles. The van der Waals surface area contributed by atoms with Crippen molar-refractivity contribution in [2.75, 3.05) is 25.5 Å². The van der Waals surface area contributed by atoms with Crippen LogP contribution in [-0.2, 0) is 5.54 Å². The van der Waals surface area contributed by atoms with E-state index in [2.05, 4.69) is 11.9 Å². The topological polar surface area (TPSA) is 49.3 Å². The first-order valence-electron chi connectivity index (χ1n) is 8.32. The zero-order chi connectivity index (χ0) is 17.3. The summed E-state index contributed by atoms with van der Waals surface area (Å²) in [4.78, 5) is 26.3. The maximum atomic E-state index is 13.0. The van der Waals surface area contributed by atoms with Crippen LogP contribution in [0.3, 0.4) is 0 Å². The Hall–Kier alpha value is -2.43. The van der Waals surface area contributed by atoms with Crippen molar-refractivity contribution in [1.29, 1.82) is 0 Å². The second-order valence-electron chi connectivity index (χ2n) is 6.79. The fourth-order valence-electron chi connectivity index (χ4n) is 3.28. The molecular formula is C19H24N4O. The number of anilines is 1. The highest BCUT2D eigenvalue weighted by atomic mass is 16.2. The minimum Gasteiger partial charge on any atom is -0.363 e. The molecule has 0 N–H and O–H groups in total. The van der Waals surface area contributed by atoms with Crippen LogP contribution in [0.5, 0.6) is 0 Å². The van der Waals surface area contributed by atoms with Gasteiger partial charge in [-0.2, -0.15) is 0 Å². The quantitative estimate of drug-likeness (QED) is 0.871. The number of rotatable bonds is 3.